The van der Waals surface area contributed by atoms with E-state index in [0.717, 1.165) is 96.3 Å². The fraction of sp³-hybridized carbons (Fsp3) is 0.710. The number of hydrogen-bond donors (Lipinski definition) is 0. The van der Waals surface area contributed by atoms with E-state index >= 15 is 0 Å². The third-order valence-electron chi connectivity index (χ3n) is 12.1. The molecule has 0 bridgehead atoms. The van der Waals surface area contributed by atoms with E-state index in [1.54, 1.807) is 0 Å². The first-order valence-electron chi connectivity index (χ1n) is 28.9. The highest BCUT2D eigenvalue weighted by Crippen LogP contribution is 2.38. The van der Waals surface area contributed by atoms with Crippen LogP contribution in [0.4, 0.5) is 0 Å². The Labute approximate surface area is 443 Å². The zero-order chi connectivity index (χ0) is 52.7. The molecule has 2 unspecified atom stereocenters. The summed E-state index contributed by atoms with van der Waals surface area (Å²) in [4.78, 5) is 37.8. The summed E-state index contributed by atoms with van der Waals surface area (Å²) < 4.78 is 34.1. The monoisotopic (exact) mass is 1030 g/mol. The van der Waals surface area contributed by atoms with Crippen molar-refractivity contribution in [2.24, 2.45) is 0 Å². The Kier molecular flexibility index (Phi) is 50.5. The highest BCUT2D eigenvalue weighted by atomic mass is 31.2. The molecule has 0 saturated carbocycles. The number of likely N-dealkylation sites (N-methyl/N-ethyl adjacent to an activating group) is 1. The zero-order valence-corrected chi connectivity index (χ0v) is 47.7. The molecule has 0 aromatic carbocycles. The van der Waals surface area contributed by atoms with Gasteiger partial charge in [0.2, 0.25) is 0 Å². The number of carbonyl (C=O) groups is 2. The van der Waals surface area contributed by atoms with Crippen molar-refractivity contribution in [1.29, 1.82) is 0 Å². The van der Waals surface area contributed by atoms with E-state index in [-0.39, 0.29) is 26.1 Å². The predicted molar refractivity (Wildman–Crippen MR) is 305 cm³/mol. The van der Waals surface area contributed by atoms with E-state index in [2.05, 4.69) is 111 Å². The van der Waals surface area contributed by atoms with E-state index in [4.69, 9.17) is 18.5 Å². The molecule has 0 heterocycles. The summed E-state index contributed by atoms with van der Waals surface area (Å²) in [6, 6.07) is 0. The molecular formula is C62H108NO8P. The molecule has 0 aromatic rings. The van der Waals surface area contributed by atoms with Gasteiger partial charge in [0.15, 0.2) is 6.10 Å². The van der Waals surface area contributed by atoms with Gasteiger partial charge in [-0.1, -0.05) is 227 Å². The number of quaternary nitrogens is 1. The van der Waals surface area contributed by atoms with Gasteiger partial charge < -0.3 is 27.9 Å². The number of unbranched alkanes of at least 4 members (excludes halogenated alkanes) is 22. The maximum Gasteiger partial charge on any atom is 0.306 e. The third-order valence-corrected chi connectivity index (χ3v) is 13.1. The van der Waals surface area contributed by atoms with Crippen molar-refractivity contribution in [1.82, 2.24) is 0 Å². The van der Waals surface area contributed by atoms with Gasteiger partial charge in [-0.25, -0.2) is 0 Å². The van der Waals surface area contributed by atoms with Gasteiger partial charge in [-0.15, -0.1) is 0 Å². The second kappa shape index (κ2) is 52.8. The van der Waals surface area contributed by atoms with E-state index in [9.17, 15) is 19.0 Å². The number of allylic oxidation sites excluding steroid dienone is 16. The van der Waals surface area contributed by atoms with Crippen LogP contribution < -0.4 is 4.89 Å². The molecule has 414 valence electrons. The lowest BCUT2D eigenvalue weighted by Gasteiger charge is -2.28. The molecular weight excluding hydrogens is 918 g/mol. The fourth-order valence-corrected chi connectivity index (χ4v) is 8.43. The van der Waals surface area contributed by atoms with Gasteiger partial charge >= 0.3 is 11.9 Å². The molecule has 0 saturated heterocycles. The summed E-state index contributed by atoms with van der Waals surface area (Å²) in [7, 11) is 1.14. The molecule has 0 spiro atoms. The van der Waals surface area contributed by atoms with E-state index in [1.165, 1.54) is 96.3 Å². The van der Waals surface area contributed by atoms with Crippen molar-refractivity contribution in [3.05, 3.63) is 97.2 Å². The quantitative estimate of drug-likeness (QED) is 0.0195. The van der Waals surface area contributed by atoms with Crippen molar-refractivity contribution in [2.45, 2.75) is 238 Å². The molecule has 0 aliphatic rings. The SMILES string of the molecule is CC/C=C\C/C=C\C/C=C\C/C=C\CCCCCCCCCCCCCCCCCCCCC(=O)OC(COC(=O)CCCCCC/C=C\C/C=C\C/C=C\C/C=C\CC)COP(=O)([O-])OCC[N+](C)(C)C. The lowest BCUT2D eigenvalue weighted by atomic mass is 10.0. The van der Waals surface area contributed by atoms with Crippen LogP contribution in [0.5, 0.6) is 0 Å². The molecule has 0 rings (SSSR count). The second-order valence-electron chi connectivity index (χ2n) is 20.2. The second-order valence-corrected chi connectivity index (χ2v) is 21.7. The number of nitrogens with zero attached hydrogens (tertiary/aromatic N) is 1. The molecule has 0 fully saturated rings. The maximum atomic E-state index is 12.8. The van der Waals surface area contributed by atoms with Crippen LogP contribution in [0.3, 0.4) is 0 Å². The highest BCUT2D eigenvalue weighted by Gasteiger charge is 2.21. The van der Waals surface area contributed by atoms with Crippen molar-refractivity contribution in [2.75, 3.05) is 47.5 Å². The normalized spacial score (nSPS) is 14.0. The van der Waals surface area contributed by atoms with Crippen LogP contribution in [0.15, 0.2) is 97.2 Å². The van der Waals surface area contributed by atoms with Gasteiger partial charge in [0, 0.05) is 12.8 Å². The van der Waals surface area contributed by atoms with Crippen LogP contribution in [0.1, 0.15) is 232 Å². The van der Waals surface area contributed by atoms with Gasteiger partial charge in [-0.05, 0) is 89.9 Å². The number of hydrogen-bond acceptors (Lipinski definition) is 8. The van der Waals surface area contributed by atoms with Crippen LogP contribution in [0.2, 0.25) is 0 Å². The van der Waals surface area contributed by atoms with Crippen molar-refractivity contribution in [3.63, 3.8) is 0 Å². The topological polar surface area (TPSA) is 111 Å². The minimum Gasteiger partial charge on any atom is -0.756 e. The number of phosphoric acid groups is 1. The van der Waals surface area contributed by atoms with Gasteiger partial charge in [0.25, 0.3) is 7.82 Å². The molecule has 0 aliphatic heterocycles. The molecule has 0 radical (unpaired) electrons. The number of phosphoric ester groups is 1. The Balaban J connectivity index is 4.12. The number of carbonyl (C=O) groups excluding carboxylic acids is 2. The van der Waals surface area contributed by atoms with Gasteiger partial charge in [-0.3, -0.25) is 14.2 Å². The molecule has 0 amide bonds. The van der Waals surface area contributed by atoms with Crippen LogP contribution in [-0.2, 0) is 32.7 Å². The minimum absolute atomic E-state index is 0.0384. The Morgan fingerprint density at radius 2 is 0.750 bits per heavy atom. The lowest BCUT2D eigenvalue weighted by Crippen LogP contribution is -2.37. The lowest BCUT2D eigenvalue weighted by molar-refractivity contribution is -0.870. The molecule has 10 heteroatoms. The van der Waals surface area contributed by atoms with Crippen molar-refractivity contribution >= 4 is 19.8 Å². The molecule has 0 aliphatic carbocycles. The summed E-state index contributed by atoms with van der Waals surface area (Å²) in [6.45, 7) is 3.99. The Morgan fingerprint density at radius 1 is 0.431 bits per heavy atom. The van der Waals surface area contributed by atoms with Crippen LogP contribution in [-0.4, -0.2) is 70.0 Å². The fourth-order valence-electron chi connectivity index (χ4n) is 7.70. The molecule has 72 heavy (non-hydrogen) atoms. The number of ether oxygens (including phenoxy) is 2. The smallest absolute Gasteiger partial charge is 0.306 e. The maximum absolute atomic E-state index is 12.8. The molecule has 0 N–H and O–H groups in total. The first kappa shape index (κ1) is 68.9. The standard InChI is InChI=1S/C62H108NO8P/c1-6-8-10-12-14-16-18-20-22-24-25-26-27-28-29-30-31-32-33-34-35-36-37-39-41-43-45-47-49-51-53-55-62(65)71-60(59-70-72(66,67)69-57-56-63(3,4)5)58-68-61(64)54-52-50-48-46-44-42-40-38-23-21-19-17-15-13-11-9-7-2/h8-11,14-17,20-23,25-26,40,42,60H,6-7,12-13,18-19,24,27-39,41,43-59H2,1-5H3/b10-8-,11-9-,16-14-,17-15-,22-20-,23-21-,26-25-,42-40-. The van der Waals surface area contributed by atoms with Gasteiger partial charge in [0.1, 0.15) is 19.8 Å². The number of esters is 2. The predicted octanol–water partition coefficient (Wildman–Crippen LogP) is 17.4. The van der Waals surface area contributed by atoms with Crippen LogP contribution in [0, 0.1) is 0 Å². The Hall–Kier alpha value is -3.07. The highest BCUT2D eigenvalue weighted by molar-refractivity contribution is 7.45. The van der Waals surface area contributed by atoms with Crippen LogP contribution in [0.25, 0.3) is 0 Å². The summed E-state index contributed by atoms with van der Waals surface area (Å²) in [5.74, 6) is -0.861. The van der Waals surface area contributed by atoms with E-state index < -0.39 is 32.5 Å². The average Bonchev–Trinajstić information content (AvgIpc) is 3.34. The molecule has 9 nitrogen and oxygen atoms in total. The first-order valence-corrected chi connectivity index (χ1v) is 30.4. The first-order chi connectivity index (χ1) is 35.0. The van der Waals surface area contributed by atoms with Crippen molar-refractivity contribution < 1.29 is 42.1 Å². The van der Waals surface area contributed by atoms with E-state index in [0.29, 0.717) is 23.9 Å². The van der Waals surface area contributed by atoms with Crippen molar-refractivity contribution in [3.8, 4) is 0 Å². The summed E-state index contributed by atoms with van der Waals surface area (Å²) in [5, 5.41) is 0. The largest absolute Gasteiger partial charge is 0.756 e. The van der Waals surface area contributed by atoms with Gasteiger partial charge in [0.05, 0.1) is 27.7 Å². The summed E-state index contributed by atoms with van der Waals surface area (Å²) in [5.41, 5.74) is 0. The zero-order valence-electron chi connectivity index (χ0n) is 46.8. The third kappa shape index (κ3) is 56.2. The summed E-state index contributed by atoms with van der Waals surface area (Å²) in [6.07, 6.45) is 71.8. The molecule has 0 aromatic heterocycles. The van der Waals surface area contributed by atoms with Gasteiger partial charge in [-0.2, -0.15) is 0 Å². The number of rotatable bonds is 52. The minimum atomic E-state index is -4.64. The Morgan fingerprint density at radius 3 is 1.11 bits per heavy atom. The Bertz CT molecular complexity index is 1540. The summed E-state index contributed by atoms with van der Waals surface area (Å²) >= 11 is 0. The van der Waals surface area contributed by atoms with Crippen LogP contribution >= 0.6 is 7.82 Å². The van der Waals surface area contributed by atoms with E-state index in [1.807, 2.05) is 21.1 Å². The molecule has 2 atom stereocenters. The average molecular weight is 1030 g/mol.